The van der Waals surface area contributed by atoms with E-state index in [9.17, 15) is 14.4 Å². The number of hydrogen-bond donors (Lipinski definition) is 2. The summed E-state index contributed by atoms with van der Waals surface area (Å²) in [6, 6.07) is 28.3. The van der Waals surface area contributed by atoms with Crippen molar-refractivity contribution in [3.8, 4) is 5.75 Å². The number of para-hydroxylation sites is 3. The van der Waals surface area contributed by atoms with Crippen LogP contribution in [0.4, 0.5) is 16.2 Å². The Hall–Kier alpha value is -5.11. The van der Waals surface area contributed by atoms with E-state index in [0.717, 1.165) is 21.8 Å². The smallest absolute Gasteiger partial charge is 0.337 e. The Kier molecular flexibility index (Phi) is 6.54. The minimum atomic E-state index is -0.607. The van der Waals surface area contributed by atoms with E-state index in [2.05, 4.69) is 10.6 Å². The van der Waals surface area contributed by atoms with Crippen molar-refractivity contribution in [3.05, 3.63) is 103 Å². The molecule has 0 radical (unpaired) electrons. The lowest BCUT2D eigenvalue weighted by Gasteiger charge is -2.13. The van der Waals surface area contributed by atoms with Gasteiger partial charge in [-0.1, -0.05) is 54.6 Å². The summed E-state index contributed by atoms with van der Waals surface area (Å²) in [7, 11) is 1.26. The molecule has 5 rings (SSSR count). The Morgan fingerprint density at radius 2 is 1.30 bits per heavy atom. The Bertz CT molecular complexity index is 1570. The van der Waals surface area contributed by atoms with Crippen LogP contribution in [-0.4, -0.2) is 36.2 Å². The number of carbonyl (C=O) groups is 3. The summed E-state index contributed by atoms with van der Waals surface area (Å²) >= 11 is 0. The first-order chi connectivity index (χ1) is 18.0. The molecule has 4 aromatic carbocycles. The average molecular weight is 494 g/mol. The summed E-state index contributed by atoms with van der Waals surface area (Å²) in [5.41, 5.74) is 2.28. The molecule has 2 amide bonds. The van der Waals surface area contributed by atoms with Crippen LogP contribution >= 0.6 is 0 Å². The molecule has 8 nitrogen and oxygen atoms in total. The van der Waals surface area contributed by atoms with Gasteiger partial charge in [0.2, 0.25) is 0 Å². The fraction of sp³-hybridized carbons (Fsp3) is 0.0690. The molecule has 0 aliphatic heterocycles. The van der Waals surface area contributed by atoms with E-state index in [0.29, 0.717) is 17.1 Å². The van der Waals surface area contributed by atoms with Gasteiger partial charge in [-0.2, -0.15) is 0 Å². The monoisotopic (exact) mass is 493 g/mol. The molecule has 0 saturated carbocycles. The molecule has 0 spiro atoms. The molecule has 5 aromatic rings. The van der Waals surface area contributed by atoms with E-state index in [-0.39, 0.29) is 12.2 Å². The van der Waals surface area contributed by atoms with Crippen molar-refractivity contribution in [2.75, 3.05) is 24.4 Å². The molecule has 0 unspecified atom stereocenters. The molecule has 8 heteroatoms. The van der Waals surface area contributed by atoms with Gasteiger partial charge in [-0.15, -0.1) is 0 Å². The SMILES string of the molecule is COC(=O)c1cc(NC(=O)COc2ccccc2)cc(NC(=O)n2c3ccccc3c3ccccc32)c1. The first-order valence-corrected chi connectivity index (χ1v) is 11.5. The summed E-state index contributed by atoms with van der Waals surface area (Å²) in [6.45, 7) is -0.227. The predicted molar refractivity (Wildman–Crippen MR) is 142 cm³/mol. The number of fused-ring (bicyclic) bond motifs is 3. The van der Waals surface area contributed by atoms with E-state index >= 15 is 0 Å². The maximum atomic E-state index is 13.5. The van der Waals surface area contributed by atoms with E-state index < -0.39 is 17.9 Å². The standard InChI is InChI=1S/C29H23N3O5/c1-36-28(34)19-15-20(30-27(33)18-37-22-9-3-2-4-10-22)17-21(16-19)31-29(35)32-25-13-7-5-11-23(25)24-12-6-8-14-26(24)32/h2-17H,18H2,1H3,(H,30,33)(H,31,35). The zero-order chi connectivity index (χ0) is 25.8. The highest BCUT2D eigenvalue weighted by Crippen LogP contribution is 2.29. The molecule has 1 heterocycles. The maximum Gasteiger partial charge on any atom is 0.337 e. The number of benzene rings is 4. The van der Waals surface area contributed by atoms with Crippen molar-refractivity contribution in [2.45, 2.75) is 0 Å². The maximum absolute atomic E-state index is 13.5. The molecule has 37 heavy (non-hydrogen) atoms. The number of amides is 2. The van der Waals surface area contributed by atoms with Gasteiger partial charge in [0.15, 0.2) is 6.61 Å². The number of esters is 1. The summed E-state index contributed by atoms with van der Waals surface area (Å²) in [6.07, 6.45) is 0. The second-order valence-corrected chi connectivity index (χ2v) is 8.24. The molecule has 0 saturated heterocycles. The van der Waals surface area contributed by atoms with Gasteiger partial charge in [0.05, 0.1) is 23.7 Å². The molecular formula is C29H23N3O5. The lowest BCUT2D eigenvalue weighted by atomic mass is 10.1. The van der Waals surface area contributed by atoms with Crippen LogP contribution in [-0.2, 0) is 9.53 Å². The molecule has 0 aliphatic rings. The Balaban J connectivity index is 1.42. The Labute approximate surface area is 212 Å². The largest absolute Gasteiger partial charge is 0.484 e. The van der Waals surface area contributed by atoms with Gasteiger partial charge < -0.3 is 20.1 Å². The van der Waals surface area contributed by atoms with Crippen molar-refractivity contribution in [3.63, 3.8) is 0 Å². The molecule has 0 atom stereocenters. The molecule has 0 bridgehead atoms. The molecular weight excluding hydrogens is 470 g/mol. The van der Waals surface area contributed by atoms with Gasteiger partial charge >= 0.3 is 12.0 Å². The molecule has 1 aromatic heterocycles. The summed E-state index contributed by atoms with van der Waals surface area (Å²) in [4.78, 5) is 38.3. The van der Waals surface area contributed by atoms with Gasteiger partial charge in [0.1, 0.15) is 5.75 Å². The number of aromatic nitrogens is 1. The highest BCUT2D eigenvalue weighted by Gasteiger charge is 2.17. The van der Waals surface area contributed by atoms with Crippen LogP contribution in [0.3, 0.4) is 0 Å². The number of rotatable bonds is 6. The van der Waals surface area contributed by atoms with Crippen molar-refractivity contribution in [1.29, 1.82) is 0 Å². The third-order valence-electron chi connectivity index (χ3n) is 5.79. The van der Waals surface area contributed by atoms with E-state index in [4.69, 9.17) is 9.47 Å². The number of nitrogens with zero attached hydrogens (tertiary/aromatic N) is 1. The van der Waals surface area contributed by atoms with Gasteiger partial charge in [-0.25, -0.2) is 9.59 Å². The van der Waals surface area contributed by atoms with Crippen LogP contribution in [0.25, 0.3) is 21.8 Å². The predicted octanol–water partition coefficient (Wildman–Crippen LogP) is 5.68. The second-order valence-electron chi connectivity index (χ2n) is 8.24. The van der Waals surface area contributed by atoms with E-state index in [1.807, 2.05) is 54.6 Å². The first kappa shape index (κ1) is 23.6. The summed E-state index contributed by atoms with van der Waals surface area (Å²) in [5, 5.41) is 7.46. The summed E-state index contributed by atoms with van der Waals surface area (Å²) < 4.78 is 11.9. The fourth-order valence-corrected chi connectivity index (χ4v) is 4.19. The van der Waals surface area contributed by atoms with Gasteiger partial charge in [-0.3, -0.25) is 9.36 Å². The minimum Gasteiger partial charge on any atom is -0.484 e. The lowest BCUT2D eigenvalue weighted by Crippen LogP contribution is -2.22. The highest BCUT2D eigenvalue weighted by atomic mass is 16.5. The van der Waals surface area contributed by atoms with Crippen LogP contribution in [0.2, 0.25) is 0 Å². The van der Waals surface area contributed by atoms with Gasteiger partial charge in [0, 0.05) is 22.1 Å². The Morgan fingerprint density at radius 3 is 1.92 bits per heavy atom. The Morgan fingerprint density at radius 1 is 0.730 bits per heavy atom. The zero-order valence-electron chi connectivity index (χ0n) is 19.9. The zero-order valence-corrected chi connectivity index (χ0v) is 19.9. The van der Waals surface area contributed by atoms with Gasteiger partial charge in [0.25, 0.3) is 5.91 Å². The van der Waals surface area contributed by atoms with Crippen molar-refractivity contribution in [1.82, 2.24) is 4.57 Å². The van der Waals surface area contributed by atoms with Gasteiger partial charge in [-0.05, 0) is 42.5 Å². The molecule has 2 N–H and O–H groups in total. The average Bonchev–Trinajstić information content (AvgIpc) is 3.26. The van der Waals surface area contributed by atoms with Crippen LogP contribution in [0.1, 0.15) is 10.4 Å². The first-order valence-electron chi connectivity index (χ1n) is 11.5. The number of carbonyl (C=O) groups excluding carboxylic acids is 3. The van der Waals surface area contributed by atoms with E-state index in [1.165, 1.54) is 19.2 Å². The second kappa shape index (κ2) is 10.2. The number of hydrogen-bond acceptors (Lipinski definition) is 5. The van der Waals surface area contributed by atoms with Crippen LogP contribution in [0, 0.1) is 0 Å². The molecule has 184 valence electrons. The van der Waals surface area contributed by atoms with Crippen LogP contribution < -0.4 is 15.4 Å². The van der Waals surface area contributed by atoms with Crippen LogP contribution in [0.5, 0.6) is 5.75 Å². The van der Waals surface area contributed by atoms with Crippen molar-refractivity contribution < 1.29 is 23.9 Å². The van der Waals surface area contributed by atoms with E-state index in [1.54, 1.807) is 34.9 Å². The molecule has 0 aliphatic carbocycles. The third-order valence-corrected chi connectivity index (χ3v) is 5.79. The van der Waals surface area contributed by atoms with Crippen molar-refractivity contribution >= 4 is 51.1 Å². The normalized spacial score (nSPS) is 10.7. The lowest BCUT2D eigenvalue weighted by molar-refractivity contribution is -0.118. The summed E-state index contributed by atoms with van der Waals surface area (Å²) in [5.74, 6) is -0.477. The minimum absolute atomic E-state index is 0.168. The number of ether oxygens (including phenoxy) is 2. The molecule has 0 fully saturated rings. The number of anilines is 2. The van der Waals surface area contributed by atoms with Crippen molar-refractivity contribution in [2.24, 2.45) is 0 Å². The topological polar surface area (TPSA) is 98.7 Å². The third kappa shape index (κ3) is 4.99. The fourth-order valence-electron chi connectivity index (χ4n) is 4.19. The number of methoxy groups -OCH3 is 1. The van der Waals surface area contributed by atoms with Crippen LogP contribution in [0.15, 0.2) is 97.1 Å². The quantitative estimate of drug-likeness (QED) is 0.297. The highest BCUT2D eigenvalue weighted by molar-refractivity contribution is 6.15. The number of nitrogens with one attached hydrogen (secondary N) is 2.